The van der Waals surface area contributed by atoms with Gasteiger partial charge >= 0.3 is 0 Å². The first-order chi connectivity index (χ1) is 8.90. The first-order valence-electron chi connectivity index (χ1n) is 6.55. The summed E-state index contributed by atoms with van der Waals surface area (Å²) in [6, 6.07) is 8.58. The molecule has 1 fully saturated rings. The maximum absolute atomic E-state index is 5.54. The summed E-state index contributed by atoms with van der Waals surface area (Å²) in [7, 11) is 1.74. The van der Waals surface area contributed by atoms with Crippen molar-refractivity contribution >= 4 is 10.9 Å². The van der Waals surface area contributed by atoms with E-state index in [0.717, 1.165) is 17.8 Å². The number of ether oxygens (including phenoxy) is 1. The van der Waals surface area contributed by atoms with Crippen molar-refractivity contribution in [1.29, 1.82) is 0 Å². The van der Waals surface area contributed by atoms with E-state index in [-0.39, 0.29) is 0 Å². The Kier molecular flexibility index (Phi) is 3.15. The number of nitrogens with one attached hydrogen (secondary N) is 1. The van der Waals surface area contributed by atoms with E-state index >= 15 is 0 Å². The van der Waals surface area contributed by atoms with Crippen molar-refractivity contribution in [2.75, 3.05) is 13.7 Å². The first kappa shape index (κ1) is 11.5. The molecule has 1 aliphatic heterocycles. The highest BCUT2D eigenvalue weighted by Crippen LogP contribution is 2.35. The summed E-state index contributed by atoms with van der Waals surface area (Å²) in [5, 5.41) is 4.80. The Bertz CT molecular complexity index is 547. The van der Waals surface area contributed by atoms with Gasteiger partial charge in [-0.15, -0.1) is 0 Å². The second-order valence-corrected chi connectivity index (χ2v) is 4.75. The summed E-state index contributed by atoms with van der Waals surface area (Å²) < 4.78 is 5.54. The lowest BCUT2D eigenvalue weighted by Crippen LogP contribution is -2.27. The van der Waals surface area contributed by atoms with E-state index in [1.165, 1.54) is 30.2 Å². The minimum absolute atomic E-state index is 0.390. The number of hydrogen-bond donors (Lipinski definition) is 1. The molecule has 0 saturated carbocycles. The summed E-state index contributed by atoms with van der Waals surface area (Å²) in [6.45, 7) is 1.09. The van der Waals surface area contributed by atoms with Gasteiger partial charge in [-0.3, -0.25) is 4.98 Å². The molecular weight excluding hydrogens is 224 g/mol. The zero-order chi connectivity index (χ0) is 12.4. The van der Waals surface area contributed by atoms with Gasteiger partial charge in [0, 0.05) is 23.2 Å². The third kappa shape index (κ3) is 1.95. The molecule has 1 N–H and O–H groups in total. The van der Waals surface area contributed by atoms with E-state index in [0.29, 0.717) is 6.04 Å². The van der Waals surface area contributed by atoms with Gasteiger partial charge in [-0.05, 0) is 37.6 Å². The van der Waals surface area contributed by atoms with Crippen molar-refractivity contribution < 1.29 is 4.74 Å². The molecule has 1 aromatic carbocycles. The second kappa shape index (κ2) is 4.94. The van der Waals surface area contributed by atoms with Crippen LogP contribution in [0.15, 0.2) is 30.5 Å². The lowest BCUT2D eigenvalue weighted by molar-refractivity contribution is 0.376. The fraction of sp³-hybridized carbons (Fsp3) is 0.400. The average molecular weight is 242 g/mol. The maximum atomic E-state index is 5.54. The fourth-order valence-electron chi connectivity index (χ4n) is 2.79. The Morgan fingerprint density at radius 1 is 1.28 bits per heavy atom. The zero-order valence-electron chi connectivity index (χ0n) is 10.6. The number of pyridine rings is 1. The van der Waals surface area contributed by atoms with Crippen LogP contribution >= 0.6 is 0 Å². The lowest BCUT2D eigenvalue weighted by Gasteiger charge is -2.26. The van der Waals surface area contributed by atoms with E-state index in [1.54, 1.807) is 7.11 Å². The topological polar surface area (TPSA) is 34.1 Å². The molecule has 18 heavy (non-hydrogen) atoms. The fourth-order valence-corrected chi connectivity index (χ4v) is 2.79. The van der Waals surface area contributed by atoms with Crippen molar-refractivity contribution in [3.63, 3.8) is 0 Å². The predicted octanol–water partition coefficient (Wildman–Crippen LogP) is 3.06. The van der Waals surface area contributed by atoms with Gasteiger partial charge in [0.1, 0.15) is 5.75 Å². The predicted molar refractivity (Wildman–Crippen MR) is 72.9 cm³/mol. The Labute approximate surface area is 107 Å². The van der Waals surface area contributed by atoms with Crippen LogP contribution in [0.1, 0.15) is 30.9 Å². The van der Waals surface area contributed by atoms with Crippen LogP contribution in [0.25, 0.3) is 10.9 Å². The van der Waals surface area contributed by atoms with Crippen LogP contribution < -0.4 is 10.1 Å². The van der Waals surface area contributed by atoms with Crippen molar-refractivity contribution in [1.82, 2.24) is 10.3 Å². The molecule has 94 valence electrons. The van der Waals surface area contributed by atoms with Crippen molar-refractivity contribution in [3.8, 4) is 5.75 Å². The Hall–Kier alpha value is -1.61. The number of benzene rings is 1. The van der Waals surface area contributed by atoms with Gasteiger partial charge in [0.2, 0.25) is 0 Å². The smallest absolute Gasteiger partial charge is 0.124 e. The van der Waals surface area contributed by atoms with Crippen LogP contribution in [0.4, 0.5) is 0 Å². The maximum Gasteiger partial charge on any atom is 0.124 e. The Morgan fingerprint density at radius 3 is 3.00 bits per heavy atom. The summed E-state index contributed by atoms with van der Waals surface area (Å²) in [6.07, 6.45) is 5.55. The molecule has 3 rings (SSSR count). The molecule has 0 amide bonds. The Balaban J connectivity index is 2.16. The summed E-state index contributed by atoms with van der Waals surface area (Å²) >= 11 is 0. The molecule has 1 aromatic heterocycles. The monoisotopic (exact) mass is 242 g/mol. The van der Waals surface area contributed by atoms with Gasteiger partial charge < -0.3 is 10.1 Å². The zero-order valence-corrected chi connectivity index (χ0v) is 10.6. The lowest BCUT2D eigenvalue weighted by atomic mass is 9.93. The van der Waals surface area contributed by atoms with Gasteiger partial charge in [0.05, 0.1) is 12.6 Å². The van der Waals surface area contributed by atoms with Crippen LogP contribution in [0, 0.1) is 0 Å². The summed E-state index contributed by atoms with van der Waals surface area (Å²) in [5.41, 5.74) is 2.31. The molecule has 1 saturated heterocycles. The molecule has 3 nitrogen and oxygen atoms in total. The number of piperidine rings is 1. The quantitative estimate of drug-likeness (QED) is 0.878. The Morgan fingerprint density at radius 2 is 2.22 bits per heavy atom. The molecular formula is C15H18N2O. The van der Waals surface area contributed by atoms with E-state index in [1.807, 2.05) is 24.4 Å². The van der Waals surface area contributed by atoms with Crippen molar-refractivity contribution in [2.45, 2.75) is 25.3 Å². The van der Waals surface area contributed by atoms with Crippen LogP contribution in [0.5, 0.6) is 5.75 Å². The van der Waals surface area contributed by atoms with E-state index in [9.17, 15) is 0 Å². The molecule has 1 aliphatic rings. The standard InChI is InChI=1S/C15H18N2O/c1-18-14-8-7-12-11(5-4-10-16-12)15(14)13-6-2-3-9-17-13/h4-5,7-8,10,13,17H,2-3,6,9H2,1H3. The van der Waals surface area contributed by atoms with E-state index in [4.69, 9.17) is 4.74 Å². The molecule has 1 atom stereocenters. The van der Waals surface area contributed by atoms with Gasteiger partial charge in [-0.25, -0.2) is 0 Å². The largest absolute Gasteiger partial charge is 0.496 e. The van der Waals surface area contributed by atoms with Gasteiger partial charge in [-0.2, -0.15) is 0 Å². The number of hydrogen-bond acceptors (Lipinski definition) is 3. The van der Waals surface area contributed by atoms with Gasteiger partial charge in [0.25, 0.3) is 0 Å². The summed E-state index contributed by atoms with van der Waals surface area (Å²) in [5.74, 6) is 0.968. The minimum Gasteiger partial charge on any atom is -0.496 e. The van der Waals surface area contributed by atoms with Crippen molar-refractivity contribution in [3.05, 3.63) is 36.0 Å². The minimum atomic E-state index is 0.390. The highest BCUT2D eigenvalue weighted by Gasteiger charge is 2.21. The van der Waals surface area contributed by atoms with Crippen LogP contribution in [0.2, 0.25) is 0 Å². The third-order valence-electron chi connectivity index (χ3n) is 3.67. The highest BCUT2D eigenvalue weighted by molar-refractivity contribution is 5.85. The molecule has 2 aromatic rings. The molecule has 0 radical (unpaired) electrons. The molecule has 3 heteroatoms. The summed E-state index contributed by atoms with van der Waals surface area (Å²) in [4.78, 5) is 4.43. The number of aromatic nitrogens is 1. The molecule has 0 spiro atoms. The van der Waals surface area contributed by atoms with E-state index in [2.05, 4.69) is 16.4 Å². The van der Waals surface area contributed by atoms with E-state index < -0.39 is 0 Å². The highest BCUT2D eigenvalue weighted by atomic mass is 16.5. The second-order valence-electron chi connectivity index (χ2n) is 4.75. The number of fused-ring (bicyclic) bond motifs is 1. The first-order valence-corrected chi connectivity index (χ1v) is 6.55. The third-order valence-corrected chi connectivity index (χ3v) is 3.67. The molecule has 1 unspecified atom stereocenters. The van der Waals surface area contributed by atoms with Crippen LogP contribution in [-0.2, 0) is 0 Å². The van der Waals surface area contributed by atoms with Crippen molar-refractivity contribution in [2.24, 2.45) is 0 Å². The normalized spacial score (nSPS) is 19.9. The molecule has 0 bridgehead atoms. The van der Waals surface area contributed by atoms with Crippen LogP contribution in [-0.4, -0.2) is 18.6 Å². The van der Waals surface area contributed by atoms with Gasteiger partial charge in [0.15, 0.2) is 0 Å². The number of rotatable bonds is 2. The average Bonchev–Trinajstić information content (AvgIpc) is 2.47. The molecule has 2 heterocycles. The number of methoxy groups -OCH3 is 1. The SMILES string of the molecule is COc1ccc2ncccc2c1C1CCCCN1. The van der Waals surface area contributed by atoms with Crippen LogP contribution in [0.3, 0.4) is 0 Å². The van der Waals surface area contributed by atoms with Gasteiger partial charge in [-0.1, -0.05) is 12.5 Å². The number of nitrogens with zero attached hydrogens (tertiary/aromatic N) is 1. The molecule has 0 aliphatic carbocycles.